The van der Waals surface area contributed by atoms with Crippen LogP contribution in [0.2, 0.25) is 0 Å². The number of carbonyl (C=O) groups excluding carboxylic acids is 1. The molecule has 0 bridgehead atoms. The number of para-hydroxylation sites is 1. The van der Waals surface area contributed by atoms with Crippen molar-refractivity contribution in [3.63, 3.8) is 0 Å². The van der Waals surface area contributed by atoms with Crippen LogP contribution in [0.25, 0.3) is 17.7 Å². The molecule has 7 nitrogen and oxygen atoms in total. The highest BCUT2D eigenvalue weighted by molar-refractivity contribution is 7.07. The molecule has 0 atom stereocenters. The van der Waals surface area contributed by atoms with Crippen LogP contribution in [-0.4, -0.2) is 28.7 Å². The van der Waals surface area contributed by atoms with Gasteiger partial charge in [0.1, 0.15) is 4.66 Å². The van der Waals surface area contributed by atoms with Gasteiger partial charge in [-0.15, -0.1) is 11.3 Å². The van der Waals surface area contributed by atoms with Crippen LogP contribution in [0.15, 0.2) is 53.3 Å². The lowest BCUT2D eigenvalue weighted by atomic mass is 10.0. The van der Waals surface area contributed by atoms with Crippen molar-refractivity contribution < 1.29 is 19.4 Å². The Labute approximate surface area is 232 Å². The maximum atomic E-state index is 12.9. The van der Waals surface area contributed by atoms with Crippen molar-refractivity contribution in [1.29, 1.82) is 0 Å². The predicted octanol–water partition coefficient (Wildman–Crippen LogP) is 4.61. The Morgan fingerprint density at radius 2 is 1.85 bits per heavy atom. The zero-order valence-corrected chi connectivity index (χ0v) is 23.2. The van der Waals surface area contributed by atoms with Crippen LogP contribution in [0.5, 0.6) is 0 Å². The summed E-state index contributed by atoms with van der Waals surface area (Å²) in [6.45, 7) is 4.54. The highest BCUT2D eigenvalue weighted by atomic mass is 32.1. The number of aliphatic carboxylic acids is 1. The molecule has 0 amide bonds. The monoisotopic (exact) mass is 546 g/mol. The number of fused-ring (bicyclic) bond motifs is 2. The van der Waals surface area contributed by atoms with Crippen molar-refractivity contribution in [3.8, 4) is 0 Å². The third-order valence-corrected chi connectivity index (χ3v) is 8.18. The van der Waals surface area contributed by atoms with Gasteiger partial charge in [0, 0.05) is 17.9 Å². The van der Waals surface area contributed by atoms with Crippen LogP contribution in [0, 0.1) is 0 Å². The van der Waals surface area contributed by atoms with Crippen LogP contribution in [0.3, 0.4) is 0 Å². The van der Waals surface area contributed by atoms with Crippen molar-refractivity contribution in [2.24, 2.45) is 0 Å². The van der Waals surface area contributed by atoms with E-state index >= 15 is 0 Å². The van der Waals surface area contributed by atoms with Gasteiger partial charge in [-0.25, -0.2) is 4.79 Å². The topological polar surface area (TPSA) is 88.8 Å². The van der Waals surface area contributed by atoms with Gasteiger partial charge < -0.3 is 14.7 Å². The molecule has 2 heterocycles. The number of ether oxygens (including phenoxy) is 1. The smallest absolute Gasteiger partial charge is 0.334 e. The molecule has 39 heavy (non-hydrogen) atoms. The summed E-state index contributed by atoms with van der Waals surface area (Å²) in [6.07, 6.45) is 12.2. The van der Waals surface area contributed by atoms with Gasteiger partial charge in [0.05, 0.1) is 10.1 Å². The molecule has 0 aliphatic carbocycles. The Bertz CT molecular complexity index is 1550. The molecule has 3 aromatic rings. The molecule has 0 fully saturated rings. The molecule has 0 radical (unpaired) electrons. The summed E-state index contributed by atoms with van der Waals surface area (Å²) in [5, 5.41) is 9.39. The summed E-state index contributed by atoms with van der Waals surface area (Å²) in [5.41, 5.74) is 5.84. The number of carboxylic acids is 1. The normalized spacial score (nSPS) is 14.1. The molecule has 1 N–H and O–H groups in total. The molecule has 8 heteroatoms. The lowest BCUT2D eigenvalue weighted by Crippen LogP contribution is -2.33. The molecule has 0 saturated carbocycles. The van der Waals surface area contributed by atoms with Crippen LogP contribution >= 0.6 is 11.3 Å². The van der Waals surface area contributed by atoms with Crippen molar-refractivity contribution in [3.05, 3.63) is 84.8 Å². The second-order valence-electron chi connectivity index (χ2n) is 9.58. The van der Waals surface area contributed by atoms with Gasteiger partial charge in [-0.3, -0.25) is 14.2 Å². The number of allylic oxidation sites excluding steroid dienone is 1. The minimum absolute atomic E-state index is 0.0150. The number of aryl methyl sites for hydroxylation is 2. The summed E-state index contributed by atoms with van der Waals surface area (Å²) in [7, 11) is 0. The van der Waals surface area contributed by atoms with E-state index in [1.54, 1.807) is 12.2 Å². The summed E-state index contributed by atoms with van der Waals surface area (Å²) in [6, 6.07) is 15.2. The number of anilines is 2. The summed E-state index contributed by atoms with van der Waals surface area (Å²) >= 11 is 1.06. The van der Waals surface area contributed by atoms with Crippen LogP contribution in [-0.2, 0) is 33.9 Å². The number of aromatic nitrogens is 1. The Morgan fingerprint density at radius 3 is 2.62 bits per heavy atom. The standard InChI is InChI=1S/C31H34N2O5S/c1-3-4-5-8-18-32-26-12-7-6-11-24(26)15-16-25-19-23(14-17-27(25)32)10-9-13-28-29(35)33(20-38-21-34)30(39-28)22(2)31(36)37/h6-7,9-14,17,19,21H,3-5,8,15-16,18,20H2,1-2H3,(H,36,37)/b10-9+,28-13+,30-22+. The van der Waals surface area contributed by atoms with Gasteiger partial charge in [-0.1, -0.05) is 62.6 Å². The van der Waals surface area contributed by atoms with Crippen molar-refractivity contribution in [2.45, 2.75) is 59.1 Å². The van der Waals surface area contributed by atoms with E-state index in [9.17, 15) is 19.5 Å². The second-order valence-corrected chi connectivity index (χ2v) is 10.6. The second kappa shape index (κ2) is 13.2. The molecular formula is C31H34N2O5S. The van der Waals surface area contributed by atoms with Crippen LogP contribution in [0.1, 0.15) is 56.2 Å². The number of hydrogen-bond donors (Lipinski definition) is 1. The third kappa shape index (κ3) is 6.57. The first-order valence-electron chi connectivity index (χ1n) is 13.3. The molecule has 0 spiro atoms. The zero-order valence-electron chi connectivity index (χ0n) is 22.4. The molecule has 204 valence electrons. The van der Waals surface area contributed by atoms with E-state index in [2.05, 4.69) is 54.3 Å². The highest BCUT2D eigenvalue weighted by Gasteiger charge is 2.20. The first-order valence-corrected chi connectivity index (χ1v) is 14.1. The largest absolute Gasteiger partial charge is 0.478 e. The van der Waals surface area contributed by atoms with Crippen molar-refractivity contribution in [2.75, 3.05) is 11.4 Å². The number of nitrogens with zero attached hydrogens (tertiary/aromatic N) is 2. The van der Waals surface area contributed by atoms with Gasteiger partial charge in [-0.2, -0.15) is 0 Å². The van der Waals surface area contributed by atoms with E-state index in [0.29, 0.717) is 4.53 Å². The fourth-order valence-corrected chi connectivity index (χ4v) is 5.91. The summed E-state index contributed by atoms with van der Waals surface area (Å²) < 4.78 is 6.51. The SMILES string of the molecule is CCCCCCN1c2ccccc2CCc2cc(/C=C/C=c3/s/c(=C(\C)C(=O)O)n(COC=O)c3=O)ccc21. The minimum atomic E-state index is -1.13. The van der Waals surface area contributed by atoms with Crippen molar-refractivity contribution in [1.82, 2.24) is 4.57 Å². The van der Waals surface area contributed by atoms with Gasteiger partial charge in [0.15, 0.2) is 6.73 Å². The fourth-order valence-electron chi connectivity index (χ4n) is 4.87. The maximum absolute atomic E-state index is 12.9. The first-order chi connectivity index (χ1) is 18.9. The zero-order chi connectivity index (χ0) is 27.8. The Kier molecular flexibility index (Phi) is 9.54. The highest BCUT2D eigenvalue weighted by Crippen LogP contribution is 2.36. The van der Waals surface area contributed by atoms with Crippen LogP contribution < -0.4 is 19.7 Å². The molecule has 1 aliphatic heterocycles. The molecule has 1 aromatic heterocycles. The summed E-state index contributed by atoms with van der Waals surface area (Å²) in [4.78, 5) is 37.5. The number of rotatable bonds is 11. The van der Waals surface area contributed by atoms with Gasteiger partial charge in [0.25, 0.3) is 12.0 Å². The summed E-state index contributed by atoms with van der Waals surface area (Å²) in [5.74, 6) is -1.13. The number of thiazole rings is 1. The number of carbonyl (C=O) groups is 2. The van der Waals surface area contributed by atoms with Crippen molar-refractivity contribution >= 4 is 52.9 Å². The third-order valence-electron chi connectivity index (χ3n) is 6.93. The van der Waals surface area contributed by atoms with E-state index in [-0.39, 0.29) is 23.4 Å². The van der Waals surface area contributed by atoms with E-state index in [1.807, 2.05) is 6.08 Å². The lowest BCUT2D eigenvalue weighted by molar-refractivity contribution is -0.132. The molecule has 2 aromatic carbocycles. The van der Waals surface area contributed by atoms with Crippen LogP contribution in [0.4, 0.5) is 11.4 Å². The van der Waals surface area contributed by atoms with E-state index in [4.69, 9.17) is 4.74 Å². The Morgan fingerprint density at radius 1 is 1.08 bits per heavy atom. The Balaban J connectivity index is 1.65. The quantitative estimate of drug-likeness (QED) is 0.279. The predicted molar refractivity (Wildman–Crippen MR) is 157 cm³/mol. The van der Waals surface area contributed by atoms with E-state index < -0.39 is 11.5 Å². The number of benzene rings is 2. The Hall–Kier alpha value is -3.91. The molecule has 0 unspecified atom stereocenters. The van der Waals surface area contributed by atoms with E-state index in [0.717, 1.165) is 47.3 Å². The number of hydrogen-bond acceptors (Lipinski definition) is 6. The number of unbranched alkanes of at least 4 members (excludes halogenated alkanes) is 3. The molecule has 0 saturated heterocycles. The maximum Gasteiger partial charge on any atom is 0.334 e. The lowest BCUT2D eigenvalue weighted by Gasteiger charge is -2.27. The van der Waals surface area contributed by atoms with Gasteiger partial charge >= 0.3 is 5.97 Å². The van der Waals surface area contributed by atoms with E-state index in [1.165, 1.54) is 48.7 Å². The number of carboxylic acid groups (broad SMARTS) is 1. The van der Waals surface area contributed by atoms with Gasteiger partial charge in [-0.05, 0) is 67.2 Å². The fraction of sp³-hybridized carbons (Fsp3) is 0.323. The average molecular weight is 547 g/mol. The average Bonchev–Trinajstić information content (AvgIpc) is 3.16. The van der Waals surface area contributed by atoms with Gasteiger partial charge in [0.2, 0.25) is 0 Å². The molecular weight excluding hydrogens is 512 g/mol. The first kappa shape index (κ1) is 28.1. The molecule has 1 aliphatic rings. The minimum Gasteiger partial charge on any atom is -0.478 e. The molecule has 4 rings (SSSR count).